The highest BCUT2D eigenvalue weighted by Gasteiger charge is 2.78. The van der Waals surface area contributed by atoms with Crippen LogP contribution in [0, 0.1) is 48.1 Å². The lowest BCUT2D eigenvalue weighted by atomic mass is 9.64. The molecular weight excluding hydrogens is 274 g/mol. The van der Waals surface area contributed by atoms with Crippen molar-refractivity contribution in [2.45, 2.75) is 37.9 Å². The Labute approximate surface area is 112 Å². The molecule has 0 radical (unpaired) electrons. The lowest BCUT2D eigenvalue weighted by Gasteiger charge is -2.37. The molecule has 2 rings (SSSR count). The minimum absolute atomic E-state index is 0.257. The Hall–Kier alpha value is -2.13. The number of ketones is 1. The van der Waals surface area contributed by atoms with Gasteiger partial charge in [0.05, 0.1) is 0 Å². The monoisotopic (exact) mass is 287 g/mol. The quantitative estimate of drug-likeness (QED) is 0.423. The third-order valence-corrected chi connectivity index (χ3v) is 4.46. The third-order valence-electron chi connectivity index (χ3n) is 4.46. The SMILES string of the molecule is O=C1CC(C([N+](=O)[O-])([N+](=O)[O-])[N+](=O)[O-])C2CCCC1C2. The number of hydrogen-bond donors (Lipinski definition) is 0. The van der Waals surface area contributed by atoms with E-state index < -0.39 is 38.8 Å². The zero-order chi connectivity index (χ0) is 15.1. The Kier molecular flexibility index (Phi) is 3.40. The van der Waals surface area contributed by atoms with Crippen molar-refractivity contribution >= 4 is 5.78 Å². The molecule has 0 aromatic rings. The molecule has 3 unspecified atom stereocenters. The number of Topliss-reactive ketones (excluding diaryl/α,β-unsaturated/α-hetero) is 1. The smallest absolute Gasteiger partial charge is 0.299 e. The van der Waals surface area contributed by atoms with Crippen LogP contribution in [0.15, 0.2) is 0 Å². The van der Waals surface area contributed by atoms with Gasteiger partial charge in [0.2, 0.25) is 0 Å². The van der Waals surface area contributed by atoms with Gasteiger partial charge in [0.25, 0.3) is 0 Å². The van der Waals surface area contributed by atoms with Crippen molar-refractivity contribution in [2.75, 3.05) is 0 Å². The van der Waals surface area contributed by atoms with Crippen molar-refractivity contribution in [1.82, 2.24) is 0 Å². The molecule has 10 heteroatoms. The summed E-state index contributed by atoms with van der Waals surface area (Å²) in [6, 6.07) is 0. The molecule has 110 valence electrons. The first-order chi connectivity index (χ1) is 9.31. The van der Waals surface area contributed by atoms with Crippen LogP contribution in [0.2, 0.25) is 0 Å². The van der Waals surface area contributed by atoms with Gasteiger partial charge in [-0.2, -0.15) is 0 Å². The molecular formula is C10H13N3O7. The molecule has 0 N–H and O–H groups in total. The zero-order valence-electron chi connectivity index (χ0n) is 10.5. The molecule has 2 saturated carbocycles. The number of carbonyl (C=O) groups is 1. The van der Waals surface area contributed by atoms with Crippen molar-refractivity contribution in [3.05, 3.63) is 30.3 Å². The Morgan fingerprint density at radius 3 is 2.05 bits per heavy atom. The number of fused-ring (bicyclic) bond motifs is 2. The second kappa shape index (κ2) is 4.76. The van der Waals surface area contributed by atoms with Gasteiger partial charge in [-0.25, -0.2) is 0 Å². The highest BCUT2D eigenvalue weighted by molar-refractivity contribution is 5.82. The summed E-state index contributed by atoms with van der Waals surface area (Å²) in [6.07, 6.45) is 1.54. The third kappa shape index (κ3) is 1.82. The van der Waals surface area contributed by atoms with E-state index in [1.165, 1.54) is 0 Å². The van der Waals surface area contributed by atoms with E-state index in [4.69, 9.17) is 0 Å². The highest BCUT2D eigenvalue weighted by atomic mass is 16.7. The predicted molar refractivity (Wildman–Crippen MR) is 62.3 cm³/mol. The Morgan fingerprint density at radius 2 is 1.55 bits per heavy atom. The summed E-state index contributed by atoms with van der Waals surface area (Å²) in [4.78, 5) is 40.7. The largest absolute Gasteiger partial charge is 0.703 e. The molecule has 0 saturated heterocycles. The van der Waals surface area contributed by atoms with Gasteiger partial charge in [0.15, 0.2) is 20.7 Å². The molecule has 2 bridgehead atoms. The fourth-order valence-corrected chi connectivity index (χ4v) is 3.49. The molecule has 2 fully saturated rings. The van der Waals surface area contributed by atoms with Gasteiger partial charge in [-0.3, -0.25) is 35.1 Å². The summed E-state index contributed by atoms with van der Waals surface area (Å²) in [5, 5.41) is 33.2. The Balaban J connectivity index is 2.48. The first-order valence-corrected chi connectivity index (χ1v) is 6.28. The van der Waals surface area contributed by atoms with Crippen molar-refractivity contribution < 1.29 is 19.6 Å². The van der Waals surface area contributed by atoms with E-state index in [9.17, 15) is 35.1 Å². The molecule has 0 spiro atoms. The topological polar surface area (TPSA) is 146 Å². The number of rotatable bonds is 4. The number of carbonyl (C=O) groups excluding carboxylic acids is 1. The lowest BCUT2D eigenvalue weighted by Crippen LogP contribution is -2.62. The zero-order valence-corrected chi connectivity index (χ0v) is 10.5. The number of nitro groups is 3. The summed E-state index contributed by atoms with van der Waals surface area (Å²) in [5.74, 6) is -6.10. The van der Waals surface area contributed by atoms with E-state index in [2.05, 4.69) is 0 Å². The average molecular weight is 287 g/mol. The van der Waals surface area contributed by atoms with E-state index in [-0.39, 0.29) is 18.1 Å². The minimum atomic E-state index is -3.51. The summed E-state index contributed by atoms with van der Waals surface area (Å²) in [6.45, 7) is 0. The first-order valence-electron chi connectivity index (χ1n) is 6.28. The van der Waals surface area contributed by atoms with Gasteiger partial charge in [-0.1, -0.05) is 6.42 Å². The molecule has 10 nitrogen and oxygen atoms in total. The maximum atomic E-state index is 11.9. The molecule has 0 aliphatic heterocycles. The molecule has 2 aliphatic rings. The predicted octanol–water partition coefficient (Wildman–Crippen LogP) is 0.866. The van der Waals surface area contributed by atoms with E-state index in [1.807, 2.05) is 0 Å². The van der Waals surface area contributed by atoms with Crippen LogP contribution in [0.25, 0.3) is 0 Å². The summed E-state index contributed by atoms with van der Waals surface area (Å²) >= 11 is 0. The van der Waals surface area contributed by atoms with E-state index in [0.29, 0.717) is 19.3 Å². The normalized spacial score (nSPS) is 29.8. The van der Waals surface area contributed by atoms with E-state index in [0.717, 1.165) is 0 Å². The van der Waals surface area contributed by atoms with Gasteiger partial charge in [-0.15, -0.1) is 0 Å². The van der Waals surface area contributed by atoms with Crippen LogP contribution in [0.1, 0.15) is 32.1 Å². The fourth-order valence-electron chi connectivity index (χ4n) is 3.49. The molecule has 0 aromatic carbocycles. The molecule has 2 aliphatic carbocycles. The molecule has 0 aromatic heterocycles. The van der Waals surface area contributed by atoms with E-state index >= 15 is 0 Å². The van der Waals surface area contributed by atoms with Crippen LogP contribution < -0.4 is 0 Å². The second-order valence-corrected chi connectivity index (χ2v) is 5.36. The van der Waals surface area contributed by atoms with Gasteiger partial charge in [0, 0.05) is 12.3 Å². The molecule has 0 heterocycles. The van der Waals surface area contributed by atoms with Crippen LogP contribution >= 0.6 is 0 Å². The van der Waals surface area contributed by atoms with Crippen LogP contribution in [-0.2, 0) is 4.79 Å². The van der Waals surface area contributed by atoms with Gasteiger partial charge >= 0.3 is 5.79 Å². The Morgan fingerprint density at radius 1 is 1.00 bits per heavy atom. The van der Waals surface area contributed by atoms with Crippen LogP contribution in [0.5, 0.6) is 0 Å². The minimum Gasteiger partial charge on any atom is -0.299 e. The maximum Gasteiger partial charge on any atom is 0.703 e. The standard InChI is InChI=1S/C10H13N3O7/c14-9-5-8(6-2-1-3-7(9)4-6)10(11(15)16,12(17)18)13(19)20/h6-8H,1-5H2. The van der Waals surface area contributed by atoms with Crippen LogP contribution in [0.3, 0.4) is 0 Å². The van der Waals surface area contributed by atoms with Crippen molar-refractivity contribution in [2.24, 2.45) is 17.8 Å². The van der Waals surface area contributed by atoms with Crippen LogP contribution in [0.4, 0.5) is 0 Å². The number of nitrogens with zero attached hydrogens (tertiary/aromatic N) is 3. The van der Waals surface area contributed by atoms with Crippen molar-refractivity contribution in [1.29, 1.82) is 0 Å². The van der Waals surface area contributed by atoms with Crippen LogP contribution in [-0.4, -0.2) is 26.3 Å². The average Bonchev–Trinajstić information content (AvgIpc) is 2.35. The van der Waals surface area contributed by atoms with Crippen molar-refractivity contribution in [3.63, 3.8) is 0 Å². The van der Waals surface area contributed by atoms with Gasteiger partial charge < -0.3 is 0 Å². The van der Waals surface area contributed by atoms with Gasteiger partial charge in [-0.05, 0) is 25.2 Å². The molecule has 20 heavy (non-hydrogen) atoms. The summed E-state index contributed by atoms with van der Waals surface area (Å²) in [7, 11) is 0. The number of hydrogen-bond acceptors (Lipinski definition) is 7. The molecule has 0 amide bonds. The fraction of sp³-hybridized carbons (Fsp3) is 0.900. The van der Waals surface area contributed by atoms with E-state index in [1.54, 1.807) is 0 Å². The summed E-state index contributed by atoms with van der Waals surface area (Å²) in [5.41, 5.74) is 0. The van der Waals surface area contributed by atoms with Crippen molar-refractivity contribution in [3.8, 4) is 0 Å². The lowest BCUT2D eigenvalue weighted by molar-refractivity contribution is -0.979. The maximum absolute atomic E-state index is 11.9. The van der Waals surface area contributed by atoms with Gasteiger partial charge in [0.1, 0.15) is 5.78 Å². The second-order valence-electron chi connectivity index (χ2n) is 5.36. The summed E-state index contributed by atoms with van der Waals surface area (Å²) < 4.78 is 0. The Bertz CT molecular complexity index is 455. The highest BCUT2D eigenvalue weighted by Crippen LogP contribution is 2.46. The molecule has 3 atom stereocenters. The first kappa shape index (κ1) is 14.3.